The molecular weight excluding hydrogens is 863 g/mol. The molecule has 0 radical (unpaired) electrons. The highest BCUT2D eigenvalue weighted by molar-refractivity contribution is 7.33. The lowest BCUT2D eigenvalue weighted by molar-refractivity contribution is 0.488. The molecule has 3 heterocycles. The standard InChI is InChI=1S/C62H41NOSSi2/c1-3-20-45(21-4-1)66(46-22-5-2-6-23-46)56-32-13-15-34-58(56)67(59-35-16-14-33-57(59)66)55-31-12-10-29-53(55)64-61-51(27-18-36-60(61)67)63(52-28-17-26-50-49-25-9-11-30-54(49)65-62(50)52)44-39-40-48-43(41-44)38-37-42-19-7-8-24-47(42)48/h1-41H. The Hall–Kier alpha value is -7.81. The smallest absolute Gasteiger partial charge is 0.188 e. The first kappa shape index (κ1) is 38.5. The van der Waals surface area contributed by atoms with Crippen molar-refractivity contribution in [1.82, 2.24) is 0 Å². The molecule has 0 atom stereocenters. The number of thiophene rings is 1. The monoisotopic (exact) mass is 903 g/mol. The zero-order valence-corrected chi connectivity index (χ0v) is 39.3. The van der Waals surface area contributed by atoms with Crippen LogP contribution in [0.5, 0.6) is 11.5 Å². The molecule has 1 aromatic heterocycles. The average Bonchev–Trinajstić information content (AvgIpc) is 3.79. The third-order valence-corrected chi connectivity index (χ3v) is 26.1. The third kappa shape index (κ3) is 5.36. The van der Waals surface area contributed by atoms with Gasteiger partial charge < -0.3 is 9.64 Å². The first-order valence-electron chi connectivity index (χ1n) is 23.1. The summed E-state index contributed by atoms with van der Waals surface area (Å²) in [7, 11) is -6.03. The second-order valence-corrected chi connectivity index (χ2v) is 26.3. The van der Waals surface area contributed by atoms with E-state index in [1.807, 2.05) is 11.3 Å². The number of hydrogen-bond acceptors (Lipinski definition) is 3. The van der Waals surface area contributed by atoms with E-state index >= 15 is 0 Å². The van der Waals surface area contributed by atoms with Crippen molar-refractivity contribution in [3.8, 4) is 11.5 Å². The maximum absolute atomic E-state index is 7.54. The highest BCUT2D eigenvalue weighted by Crippen LogP contribution is 2.49. The molecule has 0 N–H and O–H groups in total. The van der Waals surface area contributed by atoms with Gasteiger partial charge in [-0.25, -0.2) is 0 Å². The van der Waals surface area contributed by atoms with Crippen molar-refractivity contribution >= 4 is 128 Å². The summed E-state index contributed by atoms with van der Waals surface area (Å²) in [5.41, 5.74) is 3.25. The van der Waals surface area contributed by atoms with Gasteiger partial charge in [0.05, 0.1) is 16.1 Å². The summed E-state index contributed by atoms with van der Waals surface area (Å²) in [5.74, 6) is 1.85. The molecule has 67 heavy (non-hydrogen) atoms. The first-order chi connectivity index (χ1) is 33.2. The van der Waals surface area contributed by atoms with Gasteiger partial charge in [0, 0.05) is 21.2 Å². The van der Waals surface area contributed by atoms with Crippen molar-refractivity contribution in [3.05, 3.63) is 249 Å². The number of nitrogens with zero attached hydrogens (tertiary/aromatic N) is 1. The highest BCUT2D eigenvalue weighted by Gasteiger charge is 2.59. The quantitative estimate of drug-likeness (QED) is 0.126. The van der Waals surface area contributed by atoms with Crippen LogP contribution in [0.1, 0.15) is 0 Å². The zero-order chi connectivity index (χ0) is 44.1. The van der Waals surface area contributed by atoms with Gasteiger partial charge in [-0.15, -0.1) is 11.3 Å². The summed E-state index contributed by atoms with van der Waals surface area (Å²) >= 11 is 1.87. The van der Waals surface area contributed by atoms with Crippen LogP contribution in [-0.4, -0.2) is 16.1 Å². The fourth-order valence-corrected chi connectivity index (χ4v) is 25.5. The fraction of sp³-hybridized carbons (Fsp3) is 0. The Balaban J connectivity index is 1.10. The third-order valence-electron chi connectivity index (χ3n) is 14.6. The lowest BCUT2D eigenvalue weighted by Gasteiger charge is -2.50. The van der Waals surface area contributed by atoms with Crippen molar-refractivity contribution in [2.45, 2.75) is 0 Å². The van der Waals surface area contributed by atoms with Crippen LogP contribution in [0.4, 0.5) is 17.1 Å². The number of hydrogen-bond donors (Lipinski definition) is 0. The largest absolute Gasteiger partial charge is 0.455 e. The number of benzene rings is 11. The summed E-state index contributed by atoms with van der Waals surface area (Å²) in [4.78, 5) is 2.49. The van der Waals surface area contributed by atoms with E-state index in [4.69, 9.17) is 4.74 Å². The summed E-state index contributed by atoms with van der Waals surface area (Å²) < 4.78 is 10.1. The predicted molar refractivity (Wildman–Crippen MR) is 290 cm³/mol. The van der Waals surface area contributed by atoms with Crippen LogP contribution < -0.4 is 51.1 Å². The van der Waals surface area contributed by atoms with Gasteiger partial charge >= 0.3 is 0 Å². The molecule has 0 bridgehead atoms. The average molecular weight is 904 g/mol. The SMILES string of the molecule is c1ccc([Si]2(c3ccccc3)c3ccccc3[Si]3(c4ccccc4Oc4c(N(c5ccc6c(ccc7ccccc76)c5)c5cccc6c5sc5ccccc56)cccc43)c3ccccc32)cc1. The Morgan fingerprint density at radius 2 is 0.866 bits per heavy atom. The van der Waals surface area contributed by atoms with Gasteiger partial charge in [0.1, 0.15) is 5.75 Å². The van der Waals surface area contributed by atoms with E-state index in [0.29, 0.717) is 0 Å². The molecule has 314 valence electrons. The number of para-hydroxylation sites is 2. The maximum Gasteiger partial charge on any atom is 0.188 e. The van der Waals surface area contributed by atoms with E-state index < -0.39 is 16.1 Å². The number of ether oxygens (including phenoxy) is 1. The lowest BCUT2D eigenvalue weighted by atomic mass is 10.0. The van der Waals surface area contributed by atoms with Gasteiger partial charge in [0.2, 0.25) is 0 Å². The molecule has 0 saturated heterocycles. The highest BCUT2D eigenvalue weighted by atomic mass is 32.1. The number of fused-ring (bicyclic) bond motifs is 14. The summed E-state index contributed by atoms with van der Waals surface area (Å²) in [6.45, 7) is 0. The maximum atomic E-state index is 7.54. The number of anilines is 3. The van der Waals surface area contributed by atoms with Gasteiger partial charge in [-0.1, -0.05) is 212 Å². The van der Waals surface area contributed by atoms with Crippen LogP contribution in [0.15, 0.2) is 249 Å². The second-order valence-electron chi connectivity index (χ2n) is 17.9. The Labute approximate surface area is 395 Å². The molecule has 0 aliphatic carbocycles. The molecule has 11 aromatic carbocycles. The lowest BCUT2D eigenvalue weighted by Crippen LogP contribution is -2.93. The Morgan fingerprint density at radius 1 is 0.343 bits per heavy atom. The van der Waals surface area contributed by atoms with Crippen LogP contribution in [0.2, 0.25) is 0 Å². The zero-order valence-electron chi connectivity index (χ0n) is 36.4. The topological polar surface area (TPSA) is 12.5 Å². The molecule has 0 saturated carbocycles. The normalized spacial score (nSPS) is 14.0. The minimum atomic E-state index is -3.15. The molecule has 0 unspecified atom stereocenters. The summed E-state index contributed by atoms with van der Waals surface area (Å²) in [5, 5.41) is 18.6. The molecule has 0 fully saturated rings. The van der Waals surface area contributed by atoms with E-state index in [0.717, 1.165) is 28.6 Å². The first-order valence-corrected chi connectivity index (χ1v) is 27.9. The molecule has 5 heteroatoms. The van der Waals surface area contributed by atoms with Crippen LogP contribution >= 0.6 is 11.3 Å². The minimum Gasteiger partial charge on any atom is -0.455 e. The van der Waals surface area contributed by atoms with Gasteiger partial charge in [-0.2, -0.15) is 0 Å². The van der Waals surface area contributed by atoms with E-state index in [2.05, 4.69) is 254 Å². The molecule has 2 aliphatic heterocycles. The summed E-state index contributed by atoms with van der Waals surface area (Å²) in [6.07, 6.45) is 0. The minimum absolute atomic E-state index is 0.919. The van der Waals surface area contributed by atoms with Gasteiger partial charge in [0.15, 0.2) is 21.9 Å². The molecule has 0 amide bonds. The van der Waals surface area contributed by atoms with E-state index in [1.165, 1.54) is 83.2 Å². The molecule has 14 rings (SSSR count). The predicted octanol–water partition coefficient (Wildman–Crippen LogP) is 11.0. The number of rotatable bonds is 5. The van der Waals surface area contributed by atoms with Crippen molar-refractivity contribution < 1.29 is 4.74 Å². The van der Waals surface area contributed by atoms with Crippen molar-refractivity contribution in [1.29, 1.82) is 0 Å². The molecule has 1 spiro atoms. The van der Waals surface area contributed by atoms with E-state index in [9.17, 15) is 0 Å². The molecule has 12 aromatic rings. The van der Waals surface area contributed by atoms with Gasteiger partial charge in [-0.3, -0.25) is 0 Å². The van der Waals surface area contributed by atoms with Gasteiger partial charge in [-0.05, 0) is 99.4 Å². The van der Waals surface area contributed by atoms with E-state index in [-0.39, 0.29) is 0 Å². The van der Waals surface area contributed by atoms with Crippen LogP contribution in [-0.2, 0) is 0 Å². The Kier molecular flexibility index (Phi) is 8.53. The van der Waals surface area contributed by atoms with Crippen LogP contribution in [0.25, 0.3) is 41.7 Å². The Morgan fingerprint density at radius 3 is 1.60 bits per heavy atom. The van der Waals surface area contributed by atoms with E-state index in [1.54, 1.807) is 0 Å². The van der Waals surface area contributed by atoms with Crippen LogP contribution in [0.3, 0.4) is 0 Å². The fourth-order valence-electron chi connectivity index (χ4n) is 12.0. The van der Waals surface area contributed by atoms with Crippen molar-refractivity contribution in [2.24, 2.45) is 0 Å². The Bertz CT molecular complexity index is 3850. The van der Waals surface area contributed by atoms with Crippen molar-refractivity contribution in [2.75, 3.05) is 4.90 Å². The molecule has 2 nitrogen and oxygen atoms in total. The second kappa shape index (κ2) is 14.9. The molecular formula is C62H41NOSSi2. The van der Waals surface area contributed by atoms with Crippen LogP contribution in [0, 0.1) is 0 Å². The van der Waals surface area contributed by atoms with Crippen molar-refractivity contribution in [3.63, 3.8) is 0 Å². The molecule has 2 aliphatic rings. The van der Waals surface area contributed by atoms with Gasteiger partial charge in [0.25, 0.3) is 0 Å². The summed E-state index contributed by atoms with van der Waals surface area (Å²) in [6, 6.07) is 93.6.